The second-order valence-electron chi connectivity index (χ2n) is 27.4. The zero-order chi connectivity index (χ0) is 53.4. The monoisotopic (exact) mass is 993 g/mol. The molecule has 0 aliphatic carbocycles. The molecule has 3 aromatic heterocycles. The molecule has 0 N–H and O–H groups in total. The topological polar surface area (TPSA) is 27.7 Å². The molecule has 2 aliphatic heterocycles. The van der Waals surface area contributed by atoms with E-state index in [0.29, 0.717) is 11.8 Å². The van der Waals surface area contributed by atoms with Gasteiger partial charge >= 0.3 is 0 Å². The van der Waals surface area contributed by atoms with E-state index in [-0.39, 0.29) is 28.4 Å². The van der Waals surface area contributed by atoms with Crippen molar-refractivity contribution in [2.75, 3.05) is 0 Å². The molecule has 0 amide bonds. The summed E-state index contributed by atoms with van der Waals surface area (Å²) in [5.74, 6) is 1.65. The molecule has 13 rings (SSSR count). The molecule has 0 saturated carbocycles. The Bertz CT molecular complexity index is 4050. The lowest BCUT2D eigenvalue weighted by Gasteiger charge is -2.36. The number of nitrogens with zero attached hydrogens (tertiary/aromatic N) is 4. The summed E-state index contributed by atoms with van der Waals surface area (Å²) in [6.07, 6.45) is 0. The maximum absolute atomic E-state index is 5.44. The van der Waals surface area contributed by atoms with E-state index in [4.69, 9.17) is 4.98 Å². The predicted octanol–water partition coefficient (Wildman–Crippen LogP) is 17.1. The predicted molar refractivity (Wildman–Crippen MR) is 328 cm³/mol. The van der Waals surface area contributed by atoms with Crippen molar-refractivity contribution in [2.24, 2.45) is 0 Å². The fraction of sp³-hybridized carbons (Fsp3) is 0.310. The molecule has 380 valence electrons. The van der Waals surface area contributed by atoms with Gasteiger partial charge in [-0.1, -0.05) is 190 Å². The Hall–Kier alpha value is -7.11. The van der Waals surface area contributed by atoms with Gasteiger partial charge in [0.05, 0.1) is 27.8 Å². The fourth-order valence-corrected chi connectivity index (χ4v) is 13.1. The summed E-state index contributed by atoms with van der Waals surface area (Å²) in [7, 11) is 0. The molecule has 0 spiro atoms. The van der Waals surface area contributed by atoms with Crippen molar-refractivity contribution in [1.82, 2.24) is 18.7 Å². The van der Waals surface area contributed by atoms with Gasteiger partial charge in [0.2, 0.25) is 0 Å². The van der Waals surface area contributed by atoms with Gasteiger partial charge < -0.3 is 9.13 Å². The van der Waals surface area contributed by atoms with Crippen LogP contribution in [0.15, 0.2) is 140 Å². The van der Waals surface area contributed by atoms with Crippen molar-refractivity contribution in [3.05, 3.63) is 173 Å². The van der Waals surface area contributed by atoms with Crippen LogP contribution < -0.4 is 16.4 Å². The smallest absolute Gasteiger partial charge is 0.252 e. The molecule has 0 radical (unpaired) electrons. The molecule has 2 aliphatic rings. The lowest BCUT2D eigenvalue weighted by atomic mass is 9.34. The van der Waals surface area contributed by atoms with Gasteiger partial charge in [-0.05, 0) is 155 Å². The van der Waals surface area contributed by atoms with E-state index >= 15 is 0 Å². The van der Waals surface area contributed by atoms with Gasteiger partial charge in [-0.3, -0.25) is 4.57 Å². The van der Waals surface area contributed by atoms with Gasteiger partial charge in [0.25, 0.3) is 6.71 Å². The van der Waals surface area contributed by atoms with E-state index in [1.807, 2.05) is 0 Å². The standard InChI is InChI=1S/C71H73BN4/c1-40(2)49-20-19-21-50(41(3)4)64(49)76-60-23-18-17-22-57(60)73-67(76)43-26-24-42(25-27-43)44-32-61-63-62(33-44)75-59-31-29-46(69(8,9)10)35-52(59)54-37-48(71(14,15)16)39-56(66(54)75)72(63)55-38-47(70(11,12)13)36-53-51-34-45(68(5,6)7)28-30-58(51)74(61)65(53)55/h17-41H,1-16H3. The van der Waals surface area contributed by atoms with Crippen molar-refractivity contribution in [3.8, 4) is 39.6 Å². The minimum absolute atomic E-state index is 0.00201. The van der Waals surface area contributed by atoms with Crippen LogP contribution in [0.25, 0.3) is 94.2 Å². The fourth-order valence-electron chi connectivity index (χ4n) is 13.1. The molecule has 0 unspecified atom stereocenters. The SMILES string of the molecule is CC(C)c1cccc(C(C)C)c1-n1c(-c2ccc(-c3cc4c5c(c3)-n3c6ccc(C(C)(C)C)cc6c6cc(C(C)(C)C)cc(c63)B5c3cc(C(C)(C)C)cc5c6cc(C(C)(C)C)ccc6n-4c35)cc2)nc2ccccc21. The zero-order valence-corrected chi connectivity index (χ0v) is 47.8. The lowest BCUT2D eigenvalue weighted by Crippen LogP contribution is -2.59. The summed E-state index contributed by atoms with van der Waals surface area (Å²) in [5, 5.41) is 5.34. The van der Waals surface area contributed by atoms with Crippen LogP contribution in [0.4, 0.5) is 0 Å². The molecular formula is C71H73BN4. The number of aromatic nitrogens is 4. The van der Waals surface area contributed by atoms with E-state index in [1.54, 1.807) is 0 Å². The highest BCUT2D eigenvalue weighted by Gasteiger charge is 2.43. The van der Waals surface area contributed by atoms with E-state index in [0.717, 1.165) is 22.4 Å². The Morgan fingerprint density at radius 3 is 1.30 bits per heavy atom. The highest BCUT2D eigenvalue weighted by atomic mass is 15.1. The van der Waals surface area contributed by atoms with Crippen LogP contribution in [-0.4, -0.2) is 25.4 Å². The van der Waals surface area contributed by atoms with Crippen LogP contribution in [0.3, 0.4) is 0 Å². The second kappa shape index (κ2) is 16.2. The normalized spacial score (nSPS) is 13.7. The van der Waals surface area contributed by atoms with Gasteiger partial charge in [-0.15, -0.1) is 0 Å². The van der Waals surface area contributed by atoms with E-state index in [9.17, 15) is 0 Å². The quantitative estimate of drug-likeness (QED) is 0.158. The molecule has 11 aromatic rings. The average Bonchev–Trinajstić information content (AvgIpc) is 4.15. The van der Waals surface area contributed by atoms with Crippen LogP contribution in [0.5, 0.6) is 0 Å². The number of benzene rings is 8. The van der Waals surface area contributed by atoms with E-state index in [1.165, 1.54) is 122 Å². The van der Waals surface area contributed by atoms with Crippen molar-refractivity contribution in [3.63, 3.8) is 0 Å². The molecule has 0 saturated heterocycles. The molecule has 0 fully saturated rings. The van der Waals surface area contributed by atoms with Crippen molar-refractivity contribution in [1.29, 1.82) is 0 Å². The molecule has 0 bridgehead atoms. The Kier molecular flexibility index (Phi) is 10.4. The van der Waals surface area contributed by atoms with Crippen LogP contribution in [0.1, 0.15) is 156 Å². The van der Waals surface area contributed by atoms with Gasteiger partial charge in [-0.2, -0.15) is 0 Å². The Morgan fingerprint density at radius 2 is 0.842 bits per heavy atom. The highest BCUT2D eigenvalue weighted by Crippen LogP contribution is 2.45. The maximum atomic E-state index is 5.44. The number of rotatable bonds is 5. The summed E-state index contributed by atoms with van der Waals surface area (Å²) in [6, 6.07) is 54.7. The van der Waals surface area contributed by atoms with Gasteiger partial charge in [0, 0.05) is 49.5 Å². The Labute approximate surface area is 450 Å². The Morgan fingerprint density at radius 1 is 0.395 bits per heavy atom. The second-order valence-corrected chi connectivity index (χ2v) is 27.4. The number of hydrogen-bond acceptors (Lipinski definition) is 1. The number of fused-ring (bicyclic) bond motifs is 11. The van der Waals surface area contributed by atoms with Crippen LogP contribution in [0, 0.1) is 0 Å². The highest BCUT2D eigenvalue weighted by molar-refractivity contribution is 7.00. The Balaban J connectivity index is 1.12. The van der Waals surface area contributed by atoms with E-state index in [2.05, 4.69) is 264 Å². The first-order valence-corrected chi connectivity index (χ1v) is 28.0. The van der Waals surface area contributed by atoms with Crippen molar-refractivity contribution < 1.29 is 0 Å². The molecular weight excluding hydrogens is 920 g/mol. The van der Waals surface area contributed by atoms with Crippen LogP contribution in [0.2, 0.25) is 0 Å². The molecule has 8 aromatic carbocycles. The summed E-state index contributed by atoms with van der Waals surface area (Å²) >= 11 is 0. The lowest BCUT2D eigenvalue weighted by molar-refractivity contribution is 0.590. The molecule has 76 heavy (non-hydrogen) atoms. The van der Waals surface area contributed by atoms with Gasteiger partial charge in [-0.25, -0.2) is 4.98 Å². The summed E-state index contributed by atoms with van der Waals surface area (Å²) < 4.78 is 7.77. The number of imidazole rings is 1. The summed E-state index contributed by atoms with van der Waals surface area (Å²) in [4.78, 5) is 5.44. The van der Waals surface area contributed by atoms with E-state index < -0.39 is 0 Å². The number of hydrogen-bond donors (Lipinski definition) is 0. The largest absolute Gasteiger partial charge is 0.310 e. The van der Waals surface area contributed by atoms with Crippen LogP contribution in [-0.2, 0) is 21.7 Å². The van der Waals surface area contributed by atoms with Crippen molar-refractivity contribution in [2.45, 2.75) is 144 Å². The van der Waals surface area contributed by atoms with Gasteiger partial charge in [0.1, 0.15) is 5.82 Å². The minimum Gasteiger partial charge on any atom is -0.310 e. The first-order chi connectivity index (χ1) is 35.9. The molecule has 5 heterocycles. The maximum Gasteiger partial charge on any atom is 0.252 e. The van der Waals surface area contributed by atoms with Gasteiger partial charge in [0.15, 0.2) is 0 Å². The average molecular weight is 993 g/mol. The summed E-state index contributed by atoms with van der Waals surface area (Å²) in [6.45, 7) is 37.6. The first-order valence-electron chi connectivity index (χ1n) is 28.0. The molecule has 4 nitrogen and oxygen atoms in total. The van der Waals surface area contributed by atoms with Crippen LogP contribution >= 0.6 is 0 Å². The zero-order valence-electron chi connectivity index (χ0n) is 47.8. The summed E-state index contributed by atoms with van der Waals surface area (Å²) in [5.41, 5.74) is 26.8. The molecule has 5 heteroatoms. The third-order valence-electron chi connectivity index (χ3n) is 17.4. The third kappa shape index (κ3) is 7.13. The molecule has 0 atom stereocenters. The first kappa shape index (κ1) is 48.5. The number of para-hydroxylation sites is 3. The van der Waals surface area contributed by atoms with Crippen molar-refractivity contribution >= 4 is 77.7 Å². The third-order valence-corrected chi connectivity index (χ3v) is 17.4. The minimum atomic E-state index is -0.0617.